The van der Waals surface area contributed by atoms with Crippen molar-refractivity contribution in [3.63, 3.8) is 0 Å². The zero-order chi connectivity index (χ0) is 17.8. The number of aromatic nitrogens is 1. The van der Waals surface area contributed by atoms with Gasteiger partial charge in [-0.25, -0.2) is 4.98 Å². The number of thioether (sulfide) groups is 1. The number of nitrogens with one attached hydrogen (secondary N) is 1. The minimum atomic E-state index is 0.0263. The van der Waals surface area contributed by atoms with Gasteiger partial charge in [-0.3, -0.25) is 4.79 Å². The molecule has 2 atom stereocenters. The molecule has 1 aromatic heterocycles. The van der Waals surface area contributed by atoms with Crippen molar-refractivity contribution in [3.05, 3.63) is 35.4 Å². The Balaban J connectivity index is 1.69. The van der Waals surface area contributed by atoms with Gasteiger partial charge in [0.25, 0.3) is 0 Å². The number of nitrogens with zero attached hydrogens (tertiary/aromatic N) is 2. The number of aryl methyl sites for hydroxylation is 1. The van der Waals surface area contributed by atoms with E-state index in [1.807, 2.05) is 31.2 Å². The number of rotatable bonds is 4. The summed E-state index contributed by atoms with van der Waals surface area (Å²) in [4.78, 5) is 16.9. The first kappa shape index (κ1) is 17.8. The van der Waals surface area contributed by atoms with E-state index >= 15 is 0 Å². The number of hydrogen-bond acceptors (Lipinski definition) is 4. The van der Waals surface area contributed by atoms with Crippen LogP contribution in [0.15, 0.2) is 29.3 Å². The van der Waals surface area contributed by atoms with Crippen molar-refractivity contribution in [1.29, 1.82) is 5.26 Å². The SMILES string of the molecule is Cc1ccc2nc(SCC(=O)N[C@@H]3CCCC[C@@H]3C)c(C#N)cc2c1. The molecule has 0 unspecified atom stereocenters. The molecular formula is C20H23N3OS. The molecule has 25 heavy (non-hydrogen) atoms. The number of carbonyl (C=O) groups is 1. The largest absolute Gasteiger partial charge is 0.352 e. The maximum Gasteiger partial charge on any atom is 0.230 e. The quantitative estimate of drug-likeness (QED) is 0.837. The zero-order valence-electron chi connectivity index (χ0n) is 14.7. The van der Waals surface area contributed by atoms with Gasteiger partial charge in [-0.2, -0.15) is 5.26 Å². The molecule has 1 heterocycles. The van der Waals surface area contributed by atoms with E-state index in [9.17, 15) is 10.1 Å². The highest BCUT2D eigenvalue weighted by molar-refractivity contribution is 8.00. The van der Waals surface area contributed by atoms with Crippen molar-refractivity contribution >= 4 is 28.6 Å². The van der Waals surface area contributed by atoms with Gasteiger partial charge in [0, 0.05) is 11.4 Å². The van der Waals surface area contributed by atoms with Crippen LogP contribution in [0.4, 0.5) is 0 Å². The van der Waals surface area contributed by atoms with E-state index in [0.29, 0.717) is 22.3 Å². The molecule has 1 fully saturated rings. The third-order valence-corrected chi connectivity index (χ3v) is 5.84. The van der Waals surface area contributed by atoms with E-state index in [-0.39, 0.29) is 11.9 Å². The van der Waals surface area contributed by atoms with Crippen LogP contribution in [-0.4, -0.2) is 22.7 Å². The predicted octanol–water partition coefficient (Wildman–Crippen LogP) is 4.20. The number of hydrogen-bond donors (Lipinski definition) is 1. The zero-order valence-corrected chi connectivity index (χ0v) is 15.5. The summed E-state index contributed by atoms with van der Waals surface area (Å²) in [5.74, 6) is 0.861. The Morgan fingerprint density at radius 1 is 1.36 bits per heavy atom. The Labute approximate surface area is 153 Å². The Hall–Kier alpha value is -2.06. The normalized spacial score (nSPS) is 20.2. The summed E-state index contributed by atoms with van der Waals surface area (Å²) < 4.78 is 0. The Morgan fingerprint density at radius 3 is 2.92 bits per heavy atom. The molecule has 1 saturated carbocycles. The number of benzene rings is 1. The van der Waals surface area contributed by atoms with Gasteiger partial charge in [0.2, 0.25) is 5.91 Å². The Morgan fingerprint density at radius 2 is 2.16 bits per heavy atom. The van der Waals surface area contributed by atoms with Crippen LogP contribution in [0.2, 0.25) is 0 Å². The topological polar surface area (TPSA) is 65.8 Å². The summed E-state index contributed by atoms with van der Waals surface area (Å²) in [5.41, 5.74) is 2.52. The monoisotopic (exact) mass is 353 g/mol. The van der Waals surface area contributed by atoms with Gasteiger partial charge in [0.15, 0.2) is 0 Å². The second-order valence-corrected chi connectivity index (χ2v) is 7.84. The highest BCUT2D eigenvalue weighted by Gasteiger charge is 2.22. The molecule has 1 aliphatic rings. The van der Waals surface area contributed by atoms with Crippen LogP contribution in [0.25, 0.3) is 10.9 Å². The average Bonchev–Trinajstić information content (AvgIpc) is 2.61. The van der Waals surface area contributed by atoms with Crippen molar-refractivity contribution in [2.45, 2.75) is 50.6 Å². The van der Waals surface area contributed by atoms with Gasteiger partial charge < -0.3 is 5.32 Å². The molecule has 3 rings (SSSR count). The predicted molar refractivity (Wildman–Crippen MR) is 101 cm³/mol. The van der Waals surface area contributed by atoms with Gasteiger partial charge in [-0.05, 0) is 43.9 Å². The number of nitriles is 1. The summed E-state index contributed by atoms with van der Waals surface area (Å²) in [6.07, 6.45) is 4.69. The highest BCUT2D eigenvalue weighted by Crippen LogP contribution is 2.26. The highest BCUT2D eigenvalue weighted by atomic mass is 32.2. The van der Waals surface area contributed by atoms with Crippen LogP contribution >= 0.6 is 11.8 Å². The second-order valence-electron chi connectivity index (χ2n) is 6.87. The van der Waals surface area contributed by atoms with Crippen molar-refractivity contribution in [1.82, 2.24) is 10.3 Å². The lowest BCUT2D eigenvalue weighted by Gasteiger charge is -2.29. The van der Waals surface area contributed by atoms with E-state index < -0.39 is 0 Å². The molecule has 0 aliphatic heterocycles. The summed E-state index contributed by atoms with van der Waals surface area (Å²) in [6.45, 7) is 4.22. The standard InChI is InChI=1S/C20H23N3OS/c1-13-7-8-18-15(9-13)10-16(11-21)20(23-18)25-12-19(24)22-17-6-4-3-5-14(17)2/h7-10,14,17H,3-6,12H2,1-2H3,(H,22,24)/t14-,17+/m0/s1. The third kappa shape index (κ3) is 4.32. The van der Waals surface area contributed by atoms with Crippen LogP contribution in [0.1, 0.15) is 43.7 Å². The lowest BCUT2D eigenvalue weighted by Crippen LogP contribution is -2.41. The third-order valence-electron chi connectivity index (χ3n) is 4.85. The molecule has 130 valence electrons. The van der Waals surface area contributed by atoms with E-state index in [1.165, 1.54) is 31.0 Å². The smallest absolute Gasteiger partial charge is 0.230 e. The fraction of sp³-hybridized carbons (Fsp3) is 0.450. The molecule has 5 heteroatoms. The summed E-state index contributed by atoms with van der Waals surface area (Å²) in [5, 5.41) is 14.1. The summed E-state index contributed by atoms with van der Waals surface area (Å²) in [6, 6.07) is 10.3. The first-order chi connectivity index (χ1) is 12.1. The Bertz CT molecular complexity index is 828. The molecule has 1 aromatic carbocycles. The lowest BCUT2D eigenvalue weighted by molar-refractivity contribution is -0.119. The van der Waals surface area contributed by atoms with Gasteiger partial charge >= 0.3 is 0 Å². The lowest BCUT2D eigenvalue weighted by atomic mass is 9.86. The van der Waals surface area contributed by atoms with Crippen LogP contribution in [0, 0.1) is 24.2 Å². The van der Waals surface area contributed by atoms with E-state index in [0.717, 1.165) is 22.9 Å². The van der Waals surface area contributed by atoms with Crippen molar-refractivity contribution in [2.75, 3.05) is 5.75 Å². The van der Waals surface area contributed by atoms with Crippen LogP contribution < -0.4 is 5.32 Å². The molecule has 0 spiro atoms. The van der Waals surface area contributed by atoms with Crippen LogP contribution in [0.5, 0.6) is 0 Å². The molecule has 4 nitrogen and oxygen atoms in total. The van der Waals surface area contributed by atoms with Crippen molar-refractivity contribution in [2.24, 2.45) is 5.92 Å². The summed E-state index contributed by atoms with van der Waals surface area (Å²) in [7, 11) is 0. The number of pyridine rings is 1. The number of fused-ring (bicyclic) bond motifs is 1. The minimum absolute atomic E-state index is 0.0263. The van der Waals surface area contributed by atoms with Gasteiger partial charge in [-0.15, -0.1) is 0 Å². The first-order valence-electron chi connectivity index (χ1n) is 8.80. The van der Waals surface area contributed by atoms with Gasteiger partial charge in [-0.1, -0.05) is 43.2 Å². The molecular weight excluding hydrogens is 330 g/mol. The number of carbonyl (C=O) groups excluding carboxylic acids is 1. The van der Waals surface area contributed by atoms with Crippen molar-refractivity contribution in [3.8, 4) is 6.07 Å². The van der Waals surface area contributed by atoms with Crippen molar-refractivity contribution < 1.29 is 4.79 Å². The summed E-state index contributed by atoms with van der Waals surface area (Å²) >= 11 is 1.34. The molecule has 0 bridgehead atoms. The molecule has 1 aliphatic carbocycles. The fourth-order valence-corrected chi connectivity index (χ4v) is 4.16. The molecule has 1 amide bonds. The van der Waals surface area contributed by atoms with Gasteiger partial charge in [0.05, 0.1) is 16.8 Å². The van der Waals surface area contributed by atoms with Gasteiger partial charge in [0.1, 0.15) is 11.1 Å². The first-order valence-corrected chi connectivity index (χ1v) is 9.79. The van der Waals surface area contributed by atoms with E-state index in [1.54, 1.807) is 0 Å². The van der Waals surface area contributed by atoms with Crippen LogP contribution in [0.3, 0.4) is 0 Å². The fourth-order valence-electron chi connectivity index (χ4n) is 3.38. The number of amides is 1. The average molecular weight is 353 g/mol. The van der Waals surface area contributed by atoms with Crippen LogP contribution in [-0.2, 0) is 4.79 Å². The van der Waals surface area contributed by atoms with E-state index in [2.05, 4.69) is 23.3 Å². The van der Waals surface area contributed by atoms with E-state index in [4.69, 9.17) is 0 Å². The maximum absolute atomic E-state index is 12.3. The minimum Gasteiger partial charge on any atom is -0.352 e. The molecule has 0 radical (unpaired) electrons. The maximum atomic E-state index is 12.3. The molecule has 2 aromatic rings. The Kier molecular flexibility index (Phi) is 5.60. The second kappa shape index (κ2) is 7.88. The molecule has 0 saturated heterocycles. The molecule has 1 N–H and O–H groups in total.